The quantitative estimate of drug-likeness (QED) is 0.280. The van der Waals surface area contributed by atoms with Gasteiger partial charge in [-0.2, -0.15) is 0 Å². The van der Waals surface area contributed by atoms with Crippen molar-refractivity contribution in [3.63, 3.8) is 0 Å². The highest BCUT2D eigenvalue weighted by atomic mass is 32.2. The number of nitrogens with one attached hydrogen (secondary N) is 1. The summed E-state index contributed by atoms with van der Waals surface area (Å²) in [5, 5.41) is 2.89. The van der Waals surface area contributed by atoms with Crippen molar-refractivity contribution < 1.29 is 27.5 Å². The van der Waals surface area contributed by atoms with Gasteiger partial charge in [0.2, 0.25) is 11.8 Å². The highest BCUT2D eigenvalue weighted by Crippen LogP contribution is 2.36. The fourth-order valence-electron chi connectivity index (χ4n) is 4.31. The van der Waals surface area contributed by atoms with E-state index in [4.69, 9.17) is 9.47 Å². The van der Waals surface area contributed by atoms with Gasteiger partial charge in [0.1, 0.15) is 24.1 Å². The van der Waals surface area contributed by atoms with E-state index < -0.39 is 28.5 Å². The van der Waals surface area contributed by atoms with Crippen LogP contribution in [0.2, 0.25) is 0 Å². The Kier molecular flexibility index (Phi) is 11.2. The molecule has 0 saturated carbocycles. The minimum atomic E-state index is -4.24. The molecule has 3 aromatic carbocycles. The zero-order chi connectivity index (χ0) is 30.0. The van der Waals surface area contributed by atoms with Crippen LogP contribution >= 0.6 is 0 Å². The lowest BCUT2D eigenvalue weighted by Crippen LogP contribution is -2.51. The van der Waals surface area contributed by atoms with Crippen molar-refractivity contribution in [3.05, 3.63) is 83.9 Å². The zero-order valence-corrected chi connectivity index (χ0v) is 25.1. The van der Waals surface area contributed by atoms with Gasteiger partial charge in [-0.1, -0.05) is 55.8 Å². The molecule has 9 nitrogen and oxygen atoms in total. The van der Waals surface area contributed by atoms with Crippen molar-refractivity contribution in [3.8, 4) is 11.5 Å². The number of ether oxygens (including phenoxy) is 2. The minimum absolute atomic E-state index is 0.00786. The van der Waals surface area contributed by atoms with Crippen molar-refractivity contribution >= 4 is 27.5 Å². The summed E-state index contributed by atoms with van der Waals surface area (Å²) in [7, 11) is -1.34. The van der Waals surface area contributed by atoms with E-state index >= 15 is 0 Å². The van der Waals surface area contributed by atoms with E-state index in [1.807, 2.05) is 38.1 Å². The van der Waals surface area contributed by atoms with Crippen LogP contribution in [0.4, 0.5) is 5.69 Å². The summed E-state index contributed by atoms with van der Waals surface area (Å²) in [6, 6.07) is 19.3. The number of benzene rings is 3. The number of aryl methyl sites for hydroxylation is 1. The summed E-state index contributed by atoms with van der Waals surface area (Å²) in [5.41, 5.74) is 1.94. The number of nitrogens with zero attached hydrogens (tertiary/aromatic N) is 2. The maximum absolute atomic E-state index is 14.1. The van der Waals surface area contributed by atoms with Crippen LogP contribution in [0, 0.1) is 6.92 Å². The van der Waals surface area contributed by atoms with E-state index in [0.717, 1.165) is 28.3 Å². The lowest BCUT2D eigenvalue weighted by molar-refractivity contribution is -0.139. The molecule has 0 aromatic heterocycles. The maximum Gasteiger partial charge on any atom is 0.264 e. The molecule has 0 aliphatic rings. The van der Waals surface area contributed by atoms with Crippen LogP contribution in [0.15, 0.2) is 77.7 Å². The van der Waals surface area contributed by atoms with Gasteiger partial charge in [-0.3, -0.25) is 13.9 Å². The van der Waals surface area contributed by atoms with Gasteiger partial charge in [-0.15, -0.1) is 0 Å². The standard InChI is InChI=1S/C31H39N3O6S/c1-6-7-19-32-31(36)24(3)33(21-25-14-12-11-13-23(25)2)30(35)22-34(41(37,38)27-15-9-8-10-16-27)28-20-26(39-4)17-18-29(28)40-5/h8-18,20,24H,6-7,19,21-22H2,1-5H3,(H,32,36). The average Bonchev–Trinajstić information content (AvgIpc) is 2.99. The number of rotatable bonds is 14. The number of sulfonamides is 1. The fourth-order valence-corrected chi connectivity index (χ4v) is 5.75. The molecule has 3 rings (SSSR count). The molecule has 0 bridgehead atoms. The van der Waals surface area contributed by atoms with Crippen molar-refractivity contribution in [2.24, 2.45) is 0 Å². The second-order valence-corrected chi connectivity index (χ2v) is 11.5. The third-order valence-electron chi connectivity index (χ3n) is 6.86. The van der Waals surface area contributed by atoms with Gasteiger partial charge >= 0.3 is 0 Å². The Morgan fingerprint density at radius 1 is 0.951 bits per heavy atom. The first-order valence-corrected chi connectivity index (χ1v) is 15.0. The van der Waals surface area contributed by atoms with Crippen molar-refractivity contribution in [1.82, 2.24) is 10.2 Å². The highest BCUT2D eigenvalue weighted by Gasteiger charge is 2.34. The summed E-state index contributed by atoms with van der Waals surface area (Å²) >= 11 is 0. The summed E-state index contributed by atoms with van der Waals surface area (Å²) < 4.78 is 39.9. The maximum atomic E-state index is 14.1. The van der Waals surface area contributed by atoms with E-state index in [1.165, 1.54) is 37.3 Å². The molecule has 1 unspecified atom stereocenters. The van der Waals surface area contributed by atoms with Gasteiger partial charge in [0.25, 0.3) is 10.0 Å². The fraction of sp³-hybridized carbons (Fsp3) is 0.355. The molecule has 0 saturated heterocycles. The number of unbranched alkanes of at least 4 members (excludes halogenated alkanes) is 1. The van der Waals surface area contributed by atoms with Crippen LogP contribution in [0.25, 0.3) is 0 Å². The van der Waals surface area contributed by atoms with Gasteiger partial charge < -0.3 is 19.7 Å². The smallest absolute Gasteiger partial charge is 0.264 e. The van der Waals surface area contributed by atoms with Crippen LogP contribution in [-0.4, -0.2) is 58.5 Å². The summed E-state index contributed by atoms with van der Waals surface area (Å²) in [6.45, 7) is 5.65. The van der Waals surface area contributed by atoms with Crippen LogP contribution in [-0.2, 0) is 26.2 Å². The van der Waals surface area contributed by atoms with Gasteiger partial charge in [-0.05, 0) is 55.7 Å². The summed E-state index contributed by atoms with van der Waals surface area (Å²) in [6.07, 6.45) is 1.72. The number of carbonyl (C=O) groups is 2. The molecular weight excluding hydrogens is 542 g/mol. The van der Waals surface area contributed by atoms with E-state index in [0.29, 0.717) is 12.3 Å². The summed E-state index contributed by atoms with van der Waals surface area (Å²) in [4.78, 5) is 28.7. The third-order valence-corrected chi connectivity index (χ3v) is 8.64. The molecule has 3 aromatic rings. The number of carbonyl (C=O) groups excluding carboxylic acids is 2. The van der Waals surface area contributed by atoms with Crippen LogP contribution in [0.3, 0.4) is 0 Å². The lowest BCUT2D eigenvalue weighted by Gasteiger charge is -2.32. The molecule has 10 heteroatoms. The Balaban J connectivity index is 2.09. The molecule has 1 N–H and O–H groups in total. The molecule has 41 heavy (non-hydrogen) atoms. The lowest BCUT2D eigenvalue weighted by atomic mass is 10.1. The molecule has 0 radical (unpaired) electrons. The Hall–Kier alpha value is -4.05. The Morgan fingerprint density at radius 3 is 2.27 bits per heavy atom. The molecule has 2 amide bonds. The summed E-state index contributed by atoms with van der Waals surface area (Å²) in [5.74, 6) is -0.219. The highest BCUT2D eigenvalue weighted by molar-refractivity contribution is 7.92. The number of amides is 2. The first-order valence-electron chi connectivity index (χ1n) is 13.6. The first kappa shape index (κ1) is 31.5. The molecule has 0 aliphatic carbocycles. The van der Waals surface area contributed by atoms with Gasteiger partial charge in [-0.25, -0.2) is 8.42 Å². The molecule has 220 valence electrons. The largest absolute Gasteiger partial charge is 0.497 e. The minimum Gasteiger partial charge on any atom is -0.497 e. The number of anilines is 1. The molecule has 0 aliphatic heterocycles. The SMILES string of the molecule is CCCCNC(=O)C(C)N(Cc1ccccc1C)C(=O)CN(c1cc(OC)ccc1OC)S(=O)(=O)c1ccccc1. The van der Waals surface area contributed by atoms with E-state index in [9.17, 15) is 18.0 Å². The monoisotopic (exact) mass is 581 g/mol. The second kappa shape index (κ2) is 14.5. The predicted octanol–water partition coefficient (Wildman–Crippen LogP) is 4.54. The number of methoxy groups -OCH3 is 2. The first-order chi connectivity index (χ1) is 19.6. The molecule has 0 heterocycles. The molecule has 1 atom stereocenters. The molecule has 0 fully saturated rings. The van der Waals surface area contributed by atoms with E-state index in [-0.39, 0.29) is 28.8 Å². The average molecular weight is 582 g/mol. The van der Waals surface area contributed by atoms with Crippen molar-refractivity contribution in [2.45, 2.75) is 51.1 Å². The predicted molar refractivity (Wildman–Crippen MR) is 160 cm³/mol. The number of hydrogen-bond donors (Lipinski definition) is 1. The normalized spacial score (nSPS) is 11.8. The molecular formula is C31H39N3O6S. The van der Waals surface area contributed by atoms with Crippen molar-refractivity contribution in [2.75, 3.05) is 31.6 Å². The second-order valence-electron chi connectivity index (χ2n) is 9.63. The van der Waals surface area contributed by atoms with Crippen LogP contribution in [0.5, 0.6) is 11.5 Å². The van der Waals surface area contributed by atoms with Gasteiger partial charge in [0.15, 0.2) is 0 Å². The number of hydrogen-bond acceptors (Lipinski definition) is 6. The zero-order valence-electron chi connectivity index (χ0n) is 24.3. The van der Waals surface area contributed by atoms with E-state index in [1.54, 1.807) is 37.3 Å². The van der Waals surface area contributed by atoms with Gasteiger partial charge in [0.05, 0.1) is 24.8 Å². The Labute approximate surface area is 243 Å². The van der Waals surface area contributed by atoms with Crippen LogP contribution < -0.4 is 19.1 Å². The van der Waals surface area contributed by atoms with Crippen molar-refractivity contribution in [1.29, 1.82) is 0 Å². The van der Waals surface area contributed by atoms with Gasteiger partial charge in [0, 0.05) is 19.2 Å². The molecule has 0 spiro atoms. The van der Waals surface area contributed by atoms with E-state index in [2.05, 4.69) is 5.32 Å². The Bertz CT molecular complexity index is 1430. The Morgan fingerprint density at radius 2 is 1.63 bits per heavy atom. The van der Waals surface area contributed by atoms with Crippen LogP contribution in [0.1, 0.15) is 37.8 Å². The third kappa shape index (κ3) is 7.79. The topological polar surface area (TPSA) is 105 Å².